The van der Waals surface area contributed by atoms with Crippen molar-refractivity contribution in [2.45, 2.75) is 45.7 Å². The summed E-state index contributed by atoms with van der Waals surface area (Å²) in [5.74, 6) is 0.685. The van der Waals surface area contributed by atoms with Gasteiger partial charge in [0.2, 0.25) is 0 Å². The van der Waals surface area contributed by atoms with E-state index in [0.29, 0.717) is 12.0 Å². The Bertz CT molecular complexity index is 314. The molecule has 1 aromatic heterocycles. The Balaban J connectivity index is 2.20. The first-order chi connectivity index (χ1) is 6.66. The second kappa shape index (κ2) is 3.73. The van der Waals surface area contributed by atoms with Crippen LogP contribution in [-0.4, -0.2) is 15.6 Å². The lowest BCUT2D eigenvalue weighted by molar-refractivity contribution is 0.457. The van der Waals surface area contributed by atoms with Gasteiger partial charge >= 0.3 is 0 Å². The van der Waals surface area contributed by atoms with Gasteiger partial charge < -0.3 is 10.3 Å². The number of aromatic nitrogens is 2. The smallest absolute Gasteiger partial charge is 0.0952 e. The van der Waals surface area contributed by atoms with Crippen molar-refractivity contribution >= 4 is 0 Å². The standard InChI is InChI=1S/C11H19N3/c1-8(2)5-10-11-4-3-9(12)6-14(11)7-13-10/h7-9H,3-6,12H2,1-2H3. The summed E-state index contributed by atoms with van der Waals surface area (Å²) in [6.45, 7) is 5.42. The van der Waals surface area contributed by atoms with Gasteiger partial charge in [-0.3, -0.25) is 0 Å². The zero-order chi connectivity index (χ0) is 10.1. The van der Waals surface area contributed by atoms with Crippen LogP contribution >= 0.6 is 0 Å². The summed E-state index contributed by atoms with van der Waals surface area (Å²) in [7, 11) is 0. The zero-order valence-corrected chi connectivity index (χ0v) is 9.03. The number of fused-ring (bicyclic) bond motifs is 1. The van der Waals surface area contributed by atoms with Crippen LogP contribution in [0.25, 0.3) is 0 Å². The van der Waals surface area contributed by atoms with Gasteiger partial charge in [-0.25, -0.2) is 4.98 Å². The first-order valence-corrected chi connectivity index (χ1v) is 5.45. The molecule has 78 valence electrons. The van der Waals surface area contributed by atoms with Gasteiger partial charge in [-0.1, -0.05) is 13.8 Å². The Morgan fingerprint density at radius 1 is 1.64 bits per heavy atom. The number of imidazole rings is 1. The topological polar surface area (TPSA) is 43.8 Å². The van der Waals surface area contributed by atoms with Crippen molar-refractivity contribution < 1.29 is 0 Å². The molecule has 0 saturated carbocycles. The minimum absolute atomic E-state index is 0.323. The van der Waals surface area contributed by atoms with E-state index in [1.165, 1.54) is 11.4 Å². The second-order valence-corrected chi connectivity index (χ2v) is 4.69. The maximum atomic E-state index is 5.91. The predicted molar refractivity (Wildman–Crippen MR) is 57.1 cm³/mol. The average molecular weight is 193 g/mol. The number of hydrogen-bond acceptors (Lipinski definition) is 2. The molecule has 0 aromatic carbocycles. The fourth-order valence-corrected chi connectivity index (χ4v) is 2.12. The Kier molecular flexibility index (Phi) is 2.59. The summed E-state index contributed by atoms with van der Waals surface area (Å²) in [6.07, 6.45) is 5.25. The molecule has 1 aliphatic rings. The van der Waals surface area contributed by atoms with Gasteiger partial charge in [0.25, 0.3) is 0 Å². The van der Waals surface area contributed by atoms with Crippen LogP contribution in [-0.2, 0) is 19.4 Å². The van der Waals surface area contributed by atoms with E-state index in [0.717, 1.165) is 25.8 Å². The van der Waals surface area contributed by atoms with Crippen LogP contribution < -0.4 is 5.73 Å². The maximum Gasteiger partial charge on any atom is 0.0952 e. The Hall–Kier alpha value is -0.830. The van der Waals surface area contributed by atoms with Crippen LogP contribution in [0.5, 0.6) is 0 Å². The third-order valence-electron chi connectivity index (χ3n) is 2.82. The number of nitrogens with two attached hydrogens (primary N) is 1. The second-order valence-electron chi connectivity index (χ2n) is 4.69. The normalized spacial score (nSPS) is 21.3. The first-order valence-electron chi connectivity index (χ1n) is 5.45. The molecule has 0 amide bonds. The van der Waals surface area contributed by atoms with E-state index in [-0.39, 0.29) is 0 Å². The van der Waals surface area contributed by atoms with Crippen molar-refractivity contribution in [1.82, 2.24) is 9.55 Å². The van der Waals surface area contributed by atoms with E-state index in [2.05, 4.69) is 23.4 Å². The molecule has 3 nitrogen and oxygen atoms in total. The maximum absolute atomic E-state index is 5.91. The van der Waals surface area contributed by atoms with Gasteiger partial charge in [-0.2, -0.15) is 0 Å². The molecule has 0 fully saturated rings. The molecule has 14 heavy (non-hydrogen) atoms. The monoisotopic (exact) mass is 193 g/mol. The van der Waals surface area contributed by atoms with Crippen LogP contribution in [0.2, 0.25) is 0 Å². The molecule has 0 spiro atoms. The highest BCUT2D eigenvalue weighted by Gasteiger charge is 2.19. The molecule has 0 saturated heterocycles. The van der Waals surface area contributed by atoms with Crippen molar-refractivity contribution in [2.24, 2.45) is 11.7 Å². The molecule has 0 radical (unpaired) electrons. The molecule has 2 rings (SSSR count). The zero-order valence-electron chi connectivity index (χ0n) is 9.03. The summed E-state index contributed by atoms with van der Waals surface area (Å²) < 4.78 is 2.23. The van der Waals surface area contributed by atoms with Crippen LogP contribution in [0.4, 0.5) is 0 Å². The number of nitrogens with zero attached hydrogens (tertiary/aromatic N) is 2. The van der Waals surface area contributed by atoms with Crippen molar-refractivity contribution in [3.05, 3.63) is 17.7 Å². The van der Waals surface area contributed by atoms with E-state index in [1.807, 2.05) is 6.33 Å². The Labute approximate surface area is 85.3 Å². The van der Waals surface area contributed by atoms with Crippen molar-refractivity contribution in [3.63, 3.8) is 0 Å². The minimum atomic E-state index is 0.323. The minimum Gasteiger partial charge on any atom is -0.333 e. The van der Waals surface area contributed by atoms with Crippen LogP contribution in [0.1, 0.15) is 31.7 Å². The lowest BCUT2D eigenvalue weighted by Crippen LogP contribution is -2.31. The van der Waals surface area contributed by atoms with Gasteiger partial charge in [0.05, 0.1) is 12.0 Å². The summed E-state index contributed by atoms with van der Waals surface area (Å²) in [5.41, 5.74) is 8.61. The molecule has 1 unspecified atom stereocenters. The molecule has 1 atom stereocenters. The first kappa shape index (κ1) is 9.71. The molecule has 2 heterocycles. The van der Waals surface area contributed by atoms with Crippen molar-refractivity contribution in [2.75, 3.05) is 0 Å². The highest BCUT2D eigenvalue weighted by atomic mass is 15.1. The number of hydrogen-bond donors (Lipinski definition) is 1. The molecule has 1 aromatic rings. The Morgan fingerprint density at radius 2 is 2.43 bits per heavy atom. The highest BCUT2D eigenvalue weighted by Crippen LogP contribution is 2.19. The molecular weight excluding hydrogens is 174 g/mol. The Morgan fingerprint density at radius 3 is 3.14 bits per heavy atom. The van der Waals surface area contributed by atoms with Gasteiger partial charge in [0.15, 0.2) is 0 Å². The summed E-state index contributed by atoms with van der Waals surface area (Å²) in [4.78, 5) is 4.48. The van der Waals surface area contributed by atoms with Crippen LogP contribution in [0.15, 0.2) is 6.33 Å². The largest absolute Gasteiger partial charge is 0.333 e. The van der Waals surface area contributed by atoms with E-state index in [4.69, 9.17) is 5.73 Å². The SMILES string of the molecule is CC(C)Cc1ncn2c1CCC(N)C2. The summed E-state index contributed by atoms with van der Waals surface area (Å²) in [6, 6.07) is 0.323. The molecule has 1 aliphatic heterocycles. The summed E-state index contributed by atoms with van der Waals surface area (Å²) >= 11 is 0. The molecule has 2 N–H and O–H groups in total. The molecule has 0 bridgehead atoms. The molecule has 3 heteroatoms. The quantitative estimate of drug-likeness (QED) is 0.770. The fourth-order valence-electron chi connectivity index (χ4n) is 2.12. The average Bonchev–Trinajstić information content (AvgIpc) is 2.47. The van der Waals surface area contributed by atoms with E-state index in [9.17, 15) is 0 Å². The molecule has 0 aliphatic carbocycles. The molecular formula is C11H19N3. The predicted octanol–water partition coefficient (Wildman–Crippen LogP) is 1.36. The van der Waals surface area contributed by atoms with Gasteiger partial charge in [0, 0.05) is 18.3 Å². The van der Waals surface area contributed by atoms with E-state index >= 15 is 0 Å². The van der Waals surface area contributed by atoms with Gasteiger partial charge in [-0.05, 0) is 25.2 Å². The van der Waals surface area contributed by atoms with Crippen molar-refractivity contribution in [1.29, 1.82) is 0 Å². The van der Waals surface area contributed by atoms with E-state index in [1.54, 1.807) is 0 Å². The van der Waals surface area contributed by atoms with E-state index < -0.39 is 0 Å². The van der Waals surface area contributed by atoms with Crippen molar-refractivity contribution in [3.8, 4) is 0 Å². The number of rotatable bonds is 2. The third-order valence-corrected chi connectivity index (χ3v) is 2.82. The lowest BCUT2D eigenvalue weighted by Gasteiger charge is -2.21. The van der Waals surface area contributed by atoms with Crippen LogP contribution in [0, 0.1) is 5.92 Å². The van der Waals surface area contributed by atoms with Gasteiger partial charge in [-0.15, -0.1) is 0 Å². The highest BCUT2D eigenvalue weighted by molar-refractivity contribution is 5.16. The summed E-state index contributed by atoms with van der Waals surface area (Å²) in [5, 5.41) is 0. The fraction of sp³-hybridized carbons (Fsp3) is 0.727. The van der Waals surface area contributed by atoms with Gasteiger partial charge in [0.1, 0.15) is 0 Å². The van der Waals surface area contributed by atoms with Crippen LogP contribution in [0.3, 0.4) is 0 Å². The third kappa shape index (κ3) is 1.82. The lowest BCUT2D eigenvalue weighted by atomic mass is 10.0.